The molecule has 0 aliphatic carbocycles. The van der Waals surface area contributed by atoms with Gasteiger partial charge in [-0.2, -0.15) is 5.48 Å². The smallest absolute Gasteiger partial charge is 0.324 e. The van der Waals surface area contributed by atoms with Gasteiger partial charge in [0.15, 0.2) is 0 Å². The predicted molar refractivity (Wildman–Crippen MR) is 77.6 cm³/mol. The Morgan fingerprint density at radius 1 is 1.05 bits per heavy atom. The van der Waals surface area contributed by atoms with Crippen molar-refractivity contribution in [2.45, 2.75) is 84.2 Å². The highest BCUT2D eigenvalue weighted by Gasteiger charge is 2.06. The Balaban J connectivity index is 3.29. The quantitative estimate of drug-likeness (QED) is 0.399. The van der Waals surface area contributed by atoms with Crippen molar-refractivity contribution in [3.63, 3.8) is 0 Å². The van der Waals surface area contributed by atoms with E-state index in [1.165, 1.54) is 32.1 Å². The molecule has 1 atom stereocenters. The van der Waals surface area contributed by atoms with Crippen molar-refractivity contribution >= 4 is 5.97 Å². The van der Waals surface area contributed by atoms with Gasteiger partial charge in [-0.1, -0.05) is 58.8 Å². The Hall–Kier alpha value is -0.610. The van der Waals surface area contributed by atoms with Gasteiger partial charge in [0, 0.05) is 6.42 Å². The lowest BCUT2D eigenvalue weighted by Crippen LogP contribution is -2.29. The first kappa shape index (κ1) is 18.4. The van der Waals surface area contributed by atoms with E-state index in [4.69, 9.17) is 4.84 Å². The van der Waals surface area contributed by atoms with Gasteiger partial charge in [-0.15, -0.1) is 0 Å². The third kappa shape index (κ3) is 13.6. The highest BCUT2D eigenvalue weighted by atomic mass is 16.7. The van der Waals surface area contributed by atoms with Crippen molar-refractivity contribution in [1.29, 1.82) is 0 Å². The van der Waals surface area contributed by atoms with Gasteiger partial charge in [-0.05, 0) is 12.8 Å². The molecule has 0 saturated heterocycles. The molecule has 0 aliphatic heterocycles. The second-order valence-corrected chi connectivity index (χ2v) is 5.14. The zero-order valence-electron chi connectivity index (χ0n) is 12.6. The van der Waals surface area contributed by atoms with Crippen molar-refractivity contribution in [3.05, 3.63) is 0 Å². The first-order valence-corrected chi connectivity index (χ1v) is 7.81. The number of rotatable bonds is 13. The summed E-state index contributed by atoms with van der Waals surface area (Å²) in [4.78, 5) is 16.0. The number of hydrogen-bond donors (Lipinski definition) is 2. The zero-order chi connectivity index (χ0) is 14.3. The summed E-state index contributed by atoms with van der Waals surface area (Å²) in [5.74, 6) is -0.242. The van der Waals surface area contributed by atoms with Gasteiger partial charge < -0.3 is 9.94 Å². The van der Waals surface area contributed by atoms with Crippen LogP contribution in [0.1, 0.15) is 78.1 Å². The number of hydroxylamine groups is 1. The number of unbranched alkanes of at least 4 members (excludes halogenated alkanes) is 6. The van der Waals surface area contributed by atoms with E-state index >= 15 is 0 Å². The summed E-state index contributed by atoms with van der Waals surface area (Å²) in [5, 5.41) is 9.69. The van der Waals surface area contributed by atoms with Crippen LogP contribution in [0.15, 0.2) is 0 Å². The Morgan fingerprint density at radius 2 is 1.68 bits per heavy atom. The van der Waals surface area contributed by atoms with Gasteiger partial charge in [-0.25, -0.2) is 0 Å². The fraction of sp³-hybridized carbons (Fsp3) is 0.933. The van der Waals surface area contributed by atoms with Crippen molar-refractivity contribution in [1.82, 2.24) is 5.48 Å². The summed E-state index contributed by atoms with van der Waals surface area (Å²) in [5.41, 5.74) is 2.56. The molecule has 2 N–H and O–H groups in total. The molecule has 0 rings (SSSR count). The maximum absolute atomic E-state index is 11.2. The number of carbonyl (C=O) groups excluding carboxylic acids is 1. The van der Waals surface area contributed by atoms with E-state index in [1.807, 2.05) is 6.92 Å². The Morgan fingerprint density at radius 3 is 2.37 bits per heavy atom. The Kier molecular flexibility index (Phi) is 13.4. The summed E-state index contributed by atoms with van der Waals surface area (Å²) >= 11 is 0. The number of hydrogen-bond acceptors (Lipinski definition) is 4. The van der Waals surface area contributed by atoms with Gasteiger partial charge in [0.05, 0.1) is 12.6 Å². The standard InChI is InChI=1S/C15H31NO3/c1-3-5-7-8-9-10-11-14(17)13-16-19-15(18)12-6-4-2/h14,16-17H,3-13H2,1-2H3. The maximum atomic E-state index is 11.2. The molecule has 0 aromatic carbocycles. The van der Waals surface area contributed by atoms with Crippen molar-refractivity contribution < 1.29 is 14.7 Å². The maximum Gasteiger partial charge on any atom is 0.324 e. The molecule has 0 saturated carbocycles. The van der Waals surface area contributed by atoms with E-state index in [2.05, 4.69) is 12.4 Å². The third-order valence-corrected chi connectivity index (χ3v) is 3.13. The van der Waals surface area contributed by atoms with E-state index in [0.29, 0.717) is 13.0 Å². The predicted octanol–water partition coefficient (Wildman–Crippen LogP) is 3.34. The van der Waals surface area contributed by atoms with Gasteiger partial charge in [-0.3, -0.25) is 4.79 Å². The summed E-state index contributed by atoms with van der Waals surface area (Å²) in [6.45, 7) is 4.56. The normalized spacial score (nSPS) is 12.4. The number of nitrogens with one attached hydrogen (secondary N) is 1. The van der Waals surface area contributed by atoms with Crippen molar-refractivity contribution in [2.24, 2.45) is 0 Å². The molecule has 0 amide bonds. The van der Waals surface area contributed by atoms with Gasteiger partial charge in [0.2, 0.25) is 0 Å². The largest absolute Gasteiger partial charge is 0.392 e. The summed E-state index contributed by atoms with van der Waals surface area (Å²) in [7, 11) is 0. The minimum Gasteiger partial charge on any atom is -0.392 e. The van der Waals surface area contributed by atoms with Gasteiger partial charge in [0.1, 0.15) is 0 Å². The van der Waals surface area contributed by atoms with Crippen LogP contribution in [0.3, 0.4) is 0 Å². The van der Waals surface area contributed by atoms with Crippen LogP contribution >= 0.6 is 0 Å². The molecular weight excluding hydrogens is 242 g/mol. The van der Waals surface area contributed by atoms with Gasteiger partial charge >= 0.3 is 5.97 Å². The summed E-state index contributed by atoms with van der Waals surface area (Å²) in [6, 6.07) is 0. The summed E-state index contributed by atoms with van der Waals surface area (Å²) in [6.07, 6.45) is 9.93. The lowest BCUT2D eigenvalue weighted by Gasteiger charge is -2.11. The highest BCUT2D eigenvalue weighted by molar-refractivity contribution is 5.68. The Bertz CT molecular complexity index is 210. The molecular formula is C15H31NO3. The third-order valence-electron chi connectivity index (χ3n) is 3.13. The van der Waals surface area contributed by atoms with E-state index in [9.17, 15) is 9.90 Å². The number of carbonyl (C=O) groups is 1. The second kappa shape index (κ2) is 13.8. The molecule has 0 aromatic heterocycles. The van der Waals surface area contributed by atoms with Crippen LogP contribution in [0.5, 0.6) is 0 Å². The molecule has 0 aromatic rings. The second-order valence-electron chi connectivity index (χ2n) is 5.14. The fourth-order valence-corrected chi connectivity index (χ4v) is 1.85. The number of aliphatic hydroxyl groups excluding tert-OH is 1. The molecule has 0 bridgehead atoms. The highest BCUT2D eigenvalue weighted by Crippen LogP contribution is 2.08. The van der Waals surface area contributed by atoms with Crippen LogP contribution in [-0.4, -0.2) is 23.7 Å². The van der Waals surface area contributed by atoms with Crippen LogP contribution < -0.4 is 5.48 Å². The molecule has 0 heterocycles. The minimum absolute atomic E-state index is 0.242. The van der Waals surface area contributed by atoms with Crippen LogP contribution in [-0.2, 0) is 9.63 Å². The molecule has 0 radical (unpaired) electrons. The van der Waals surface area contributed by atoms with Crippen molar-refractivity contribution in [2.75, 3.05) is 6.54 Å². The van der Waals surface area contributed by atoms with E-state index in [0.717, 1.165) is 25.7 Å². The van der Waals surface area contributed by atoms with E-state index < -0.39 is 6.10 Å². The lowest BCUT2D eigenvalue weighted by atomic mass is 10.1. The zero-order valence-corrected chi connectivity index (χ0v) is 12.6. The first-order valence-electron chi connectivity index (χ1n) is 7.81. The molecule has 0 aliphatic rings. The average molecular weight is 273 g/mol. The molecule has 19 heavy (non-hydrogen) atoms. The van der Waals surface area contributed by atoms with E-state index in [-0.39, 0.29) is 5.97 Å². The monoisotopic (exact) mass is 273 g/mol. The average Bonchev–Trinajstić information content (AvgIpc) is 2.40. The van der Waals surface area contributed by atoms with Crippen LogP contribution in [0.4, 0.5) is 0 Å². The minimum atomic E-state index is -0.426. The van der Waals surface area contributed by atoms with Crippen LogP contribution in [0.25, 0.3) is 0 Å². The topological polar surface area (TPSA) is 58.6 Å². The SMILES string of the molecule is CCCCCCCCC(O)CNOC(=O)CCCC. The van der Waals surface area contributed by atoms with Crippen LogP contribution in [0, 0.1) is 0 Å². The van der Waals surface area contributed by atoms with Crippen LogP contribution in [0.2, 0.25) is 0 Å². The Labute approximate surface area is 117 Å². The lowest BCUT2D eigenvalue weighted by molar-refractivity contribution is -0.152. The summed E-state index contributed by atoms with van der Waals surface area (Å²) < 4.78 is 0. The van der Waals surface area contributed by atoms with Crippen molar-refractivity contribution in [3.8, 4) is 0 Å². The molecule has 4 nitrogen and oxygen atoms in total. The molecule has 1 unspecified atom stereocenters. The first-order chi connectivity index (χ1) is 9.20. The van der Waals surface area contributed by atoms with Gasteiger partial charge in [0.25, 0.3) is 0 Å². The number of aliphatic hydroxyl groups is 1. The molecule has 114 valence electrons. The molecule has 0 spiro atoms. The fourth-order valence-electron chi connectivity index (χ4n) is 1.85. The van der Waals surface area contributed by atoms with E-state index in [1.54, 1.807) is 0 Å². The molecule has 4 heteroatoms. The molecule has 0 fully saturated rings.